The fraction of sp³-hybridized carbons (Fsp3) is 0.333. The Hall–Kier alpha value is -1.74. The lowest BCUT2D eigenvalue weighted by atomic mass is 10.2. The van der Waals surface area contributed by atoms with Crippen molar-refractivity contribution in [1.82, 2.24) is 5.32 Å². The molecule has 116 valence electrons. The van der Waals surface area contributed by atoms with E-state index in [1.807, 2.05) is 0 Å². The van der Waals surface area contributed by atoms with E-state index in [4.69, 9.17) is 5.11 Å². The average Bonchev–Trinajstić information content (AvgIpc) is 2.42. The summed E-state index contributed by atoms with van der Waals surface area (Å²) in [5.74, 6) is -1.81. The van der Waals surface area contributed by atoms with Gasteiger partial charge in [0.15, 0.2) is 6.04 Å². The third-order valence-corrected chi connectivity index (χ3v) is 3.14. The van der Waals surface area contributed by atoms with Gasteiger partial charge in [-0.05, 0) is 23.9 Å². The van der Waals surface area contributed by atoms with Crippen LogP contribution in [-0.4, -0.2) is 42.2 Å². The highest BCUT2D eigenvalue weighted by atomic mass is 32.2. The first-order valence-electron chi connectivity index (χ1n) is 5.62. The third kappa shape index (κ3) is 5.27. The molecule has 0 aliphatic rings. The molecule has 0 fully saturated rings. The lowest BCUT2D eigenvalue weighted by molar-refractivity contribution is -0.143. The summed E-state index contributed by atoms with van der Waals surface area (Å²) in [7, 11) is 1.06. The van der Waals surface area contributed by atoms with Gasteiger partial charge in [0, 0.05) is 4.90 Å². The van der Waals surface area contributed by atoms with Gasteiger partial charge in [-0.25, -0.2) is 4.79 Å². The normalized spacial score (nSPS) is 12.6. The SMILES string of the molecule is COC(=O)C(CO)NC(=O)c1ccccc1SC(F)(F)F. The lowest BCUT2D eigenvalue weighted by Gasteiger charge is -2.15. The number of methoxy groups -OCH3 is 1. The maximum atomic E-state index is 12.4. The van der Waals surface area contributed by atoms with Crippen LogP contribution in [-0.2, 0) is 9.53 Å². The van der Waals surface area contributed by atoms with E-state index in [2.05, 4.69) is 10.1 Å². The van der Waals surface area contributed by atoms with Crippen molar-refractivity contribution in [3.8, 4) is 0 Å². The number of nitrogens with one attached hydrogen (secondary N) is 1. The molecule has 1 aromatic rings. The molecule has 0 aliphatic carbocycles. The topological polar surface area (TPSA) is 75.6 Å². The third-order valence-electron chi connectivity index (χ3n) is 2.33. The van der Waals surface area contributed by atoms with Crippen LogP contribution in [0.25, 0.3) is 0 Å². The van der Waals surface area contributed by atoms with E-state index in [1.165, 1.54) is 18.2 Å². The predicted molar refractivity (Wildman–Crippen MR) is 68.7 cm³/mol. The number of benzene rings is 1. The molecule has 1 aromatic carbocycles. The zero-order chi connectivity index (χ0) is 16.0. The number of thioether (sulfide) groups is 1. The highest BCUT2D eigenvalue weighted by Crippen LogP contribution is 2.38. The number of hydrogen-bond donors (Lipinski definition) is 2. The van der Waals surface area contributed by atoms with Gasteiger partial charge >= 0.3 is 11.5 Å². The summed E-state index contributed by atoms with van der Waals surface area (Å²) in [6.45, 7) is -0.729. The molecule has 0 bridgehead atoms. The number of rotatable bonds is 5. The number of carbonyl (C=O) groups is 2. The van der Waals surface area contributed by atoms with Gasteiger partial charge in [-0.2, -0.15) is 13.2 Å². The van der Waals surface area contributed by atoms with Crippen LogP contribution < -0.4 is 5.32 Å². The molecule has 0 radical (unpaired) electrons. The van der Waals surface area contributed by atoms with Crippen LogP contribution in [0.5, 0.6) is 0 Å². The van der Waals surface area contributed by atoms with Crippen molar-refractivity contribution in [2.45, 2.75) is 16.4 Å². The van der Waals surface area contributed by atoms with Crippen LogP contribution >= 0.6 is 11.8 Å². The maximum Gasteiger partial charge on any atom is 0.446 e. The minimum Gasteiger partial charge on any atom is -0.467 e. The monoisotopic (exact) mass is 323 g/mol. The van der Waals surface area contributed by atoms with E-state index in [-0.39, 0.29) is 10.5 Å². The Morgan fingerprint density at radius 3 is 2.52 bits per heavy atom. The molecule has 0 saturated carbocycles. The second-order valence-electron chi connectivity index (χ2n) is 3.78. The molecule has 1 unspecified atom stereocenters. The first-order chi connectivity index (χ1) is 9.78. The van der Waals surface area contributed by atoms with Crippen molar-refractivity contribution in [2.24, 2.45) is 0 Å². The van der Waals surface area contributed by atoms with E-state index in [1.54, 1.807) is 0 Å². The van der Waals surface area contributed by atoms with Crippen LogP contribution in [0.4, 0.5) is 13.2 Å². The van der Waals surface area contributed by atoms with Gasteiger partial charge in [0.05, 0.1) is 19.3 Å². The van der Waals surface area contributed by atoms with Crippen LogP contribution in [0, 0.1) is 0 Å². The second-order valence-corrected chi connectivity index (χ2v) is 4.88. The number of alkyl halides is 3. The Balaban J connectivity index is 2.94. The molecule has 0 aliphatic heterocycles. The molecule has 2 N–H and O–H groups in total. The van der Waals surface area contributed by atoms with Gasteiger partial charge in [0.1, 0.15) is 0 Å². The molecule has 1 atom stereocenters. The van der Waals surface area contributed by atoms with Crippen LogP contribution in [0.15, 0.2) is 29.2 Å². The first-order valence-corrected chi connectivity index (χ1v) is 6.44. The largest absolute Gasteiger partial charge is 0.467 e. The summed E-state index contributed by atoms with van der Waals surface area (Å²) in [6.07, 6.45) is 0. The molecule has 21 heavy (non-hydrogen) atoms. The van der Waals surface area contributed by atoms with E-state index < -0.39 is 41.8 Å². The summed E-state index contributed by atoms with van der Waals surface area (Å²) in [5, 5.41) is 11.1. The molecule has 1 amide bonds. The maximum absolute atomic E-state index is 12.4. The molecule has 0 heterocycles. The van der Waals surface area contributed by atoms with Crippen LogP contribution in [0.1, 0.15) is 10.4 Å². The summed E-state index contributed by atoms with van der Waals surface area (Å²) in [4.78, 5) is 22.9. The van der Waals surface area contributed by atoms with Crippen LogP contribution in [0.2, 0.25) is 0 Å². The second kappa shape index (κ2) is 7.32. The number of aliphatic hydroxyl groups is 1. The van der Waals surface area contributed by atoms with Crippen molar-refractivity contribution in [3.05, 3.63) is 29.8 Å². The lowest BCUT2D eigenvalue weighted by Crippen LogP contribution is -2.44. The molecule has 9 heteroatoms. The molecule has 0 saturated heterocycles. The summed E-state index contributed by atoms with van der Waals surface area (Å²) < 4.78 is 41.6. The number of esters is 1. The minimum atomic E-state index is -4.55. The number of aliphatic hydroxyl groups excluding tert-OH is 1. The molecule has 0 spiro atoms. The molecule has 5 nitrogen and oxygen atoms in total. The number of carbonyl (C=O) groups excluding carboxylic acids is 2. The van der Waals surface area contributed by atoms with Gasteiger partial charge in [-0.3, -0.25) is 4.79 Å². The Morgan fingerprint density at radius 2 is 2.00 bits per heavy atom. The smallest absolute Gasteiger partial charge is 0.446 e. The van der Waals surface area contributed by atoms with Gasteiger partial charge < -0.3 is 15.2 Å². The summed E-state index contributed by atoms with van der Waals surface area (Å²) >= 11 is -0.435. The predicted octanol–water partition coefficient (Wildman–Crippen LogP) is 1.56. The minimum absolute atomic E-state index is 0.248. The number of amides is 1. The fourth-order valence-corrected chi connectivity index (χ4v) is 2.09. The molecular weight excluding hydrogens is 311 g/mol. The van der Waals surface area contributed by atoms with Gasteiger partial charge in [0.25, 0.3) is 5.91 Å². The van der Waals surface area contributed by atoms with Gasteiger partial charge in [0.2, 0.25) is 0 Å². The number of halogens is 3. The van der Waals surface area contributed by atoms with Crippen molar-refractivity contribution in [3.63, 3.8) is 0 Å². The first kappa shape index (κ1) is 17.3. The zero-order valence-electron chi connectivity index (χ0n) is 10.8. The quantitative estimate of drug-likeness (QED) is 0.635. The van der Waals surface area contributed by atoms with Gasteiger partial charge in [-0.15, -0.1) is 0 Å². The van der Waals surface area contributed by atoms with Crippen molar-refractivity contribution < 1.29 is 32.6 Å². The van der Waals surface area contributed by atoms with Crippen molar-refractivity contribution in [2.75, 3.05) is 13.7 Å². The van der Waals surface area contributed by atoms with Crippen molar-refractivity contribution >= 4 is 23.6 Å². The molecular formula is C12H12F3NO4S. The van der Waals surface area contributed by atoms with E-state index in [9.17, 15) is 22.8 Å². The number of hydrogen-bond acceptors (Lipinski definition) is 5. The van der Waals surface area contributed by atoms with Gasteiger partial charge in [-0.1, -0.05) is 12.1 Å². The van der Waals surface area contributed by atoms with E-state index in [0.29, 0.717) is 0 Å². The van der Waals surface area contributed by atoms with Crippen LogP contribution in [0.3, 0.4) is 0 Å². The Kier molecular flexibility index (Phi) is 6.03. The highest BCUT2D eigenvalue weighted by molar-refractivity contribution is 8.00. The molecule has 1 rings (SSSR count). The highest BCUT2D eigenvalue weighted by Gasteiger charge is 2.32. The summed E-state index contributed by atoms with van der Waals surface area (Å²) in [6, 6.07) is 3.73. The Labute approximate surface area is 122 Å². The Bertz CT molecular complexity index is 521. The van der Waals surface area contributed by atoms with E-state index in [0.717, 1.165) is 13.2 Å². The van der Waals surface area contributed by atoms with E-state index >= 15 is 0 Å². The summed E-state index contributed by atoms with van der Waals surface area (Å²) in [5.41, 5.74) is -4.79. The zero-order valence-corrected chi connectivity index (χ0v) is 11.6. The average molecular weight is 323 g/mol. The van der Waals surface area contributed by atoms with Crippen molar-refractivity contribution in [1.29, 1.82) is 0 Å². The standard InChI is InChI=1S/C12H12F3NO4S/c1-20-11(19)8(6-17)16-10(18)7-4-2-3-5-9(7)21-12(13,14)15/h2-5,8,17H,6H2,1H3,(H,16,18). The molecule has 0 aromatic heterocycles. The fourth-order valence-electron chi connectivity index (χ4n) is 1.43. The Morgan fingerprint density at radius 1 is 1.38 bits per heavy atom. The number of ether oxygens (including phenoxy) is 1.